The van der Waals surface area contributed by atoms with Crippen LogP contribution in [-0.4, -0.2) is 6.10 Å². The Bertz CT molecular complexity index is 311. The van der Waals surface area contributed by atoms with Crippen LogP contribution in [0, 0.1) is 0 Å². The zero-order valence-electron chi connectivity index (χ0n) is 9.52. The van der Waals surface area contributed by atoms with Gasteiger partial charge in [-0.3, -0.25) is 0 Å². The van der Waals surface area contributed by atoms with Crippen LogP contribution in [0.4, 0.5) is 5.69 Å². The fourth-order valence-corrected chi connectivity index (χ4v) is 2.13. The zero-order valence-corrected chi connectivity index (χ0v) is 10.3. The molecule has 0 radical (unpaired) electrons. The smallest absolute Gasteiger partial charge is 0.0721 e. The second-order valence-corrected chi connectivity index (χ2v) is 4.32. The van der Waals surface area contributed by atoms with Crippen molar-refractivity contribution in [3.05, 3.63) is 29.8 Å². The first kappa shape index (κ1) is 13.3. The maximum absolute atomic E-state index is 5.87. The van der Waals surface area contributed by atoms with Crippen LogP contribution in [0.5, 0.6) is 0 Å². The second-order valence-electron chi connectivity index (χ2n) is 4.32. The summed E-state index contributed by atoms with van der Waals surface area (Å²) in [6.07, 6.45) is 6.94. The molecular formula is C13H20ClNO. The molecule has 1 aliphatic rings. The van der Waals surface area contributed by atoms with Crippen LogP contribution in [0.3, 0.4) is 0 Å². The third kappa shape index (κ3) is 4.03. The summed E-state index contributed by atoms with van der Waals surface area (Å²) in [6, 6.07) is 7.95. The monoisotopic (exact) mass is 241 g/mol. The first-order chi connectivity index (χ1) is 7.34. The lowest BCUT2D eigenvalue weighted by Gasteiger charge is -2.22. The molecule has 0 heterocycles. The molecule has 16 heavy (non-hydrogen) atoms. The van der Waals surface area contributed by atoms with Crippen molar-refractivity contribution in [1.29, 1.82) is 0 Å². The van der Waals surface area contributed by atoms with Crippen LogP contribution < -0.4 is 5.73 Å². The number of nitrogens with two attached hydrogens (primary N) is 1. The molecule has 1 aromatic carbocycles. The number of hydrogen-bond acceptors (Lipinski definition) is 2. The molecule has 0 aromatic heterocycles. The number of nitrogen functional groups attached to an aromatic ring is 1. The lowest BCUT2D eigenvalue weighted by atomic mass is 9.98. The SMILES string of the molecule is Cl.Nc1cccc(COC2CCCCC2)c1. The summed E-state index contributed by atoms with van der Waals surface area (Å²) in [5.74, 6) is 0. The van der Waals surface area contributed by atoms with Gasteiger partial charge in [-0.05, 0) is 30.5 Å². The largest absolute Gasteiger partial charge is 0.399 e. The lowest BCUT2D eigenvalue weighted by molar-refractivity contribution is 0.0169. The Morgan fingerprint density at radius 1 is 1.19 bits per heavy atom. The summed E-state index contributed by atoms with van der Waals surface area (Å²) in [7, 11) is 0. The van der Waals surface area contributed by atoms with Crippen molar-refractivity contribution in [2.45, 2.75) is 44.8 Å². The maximum Gasteiger partial charge on any atom is 0.0721 e. The molecule has 3 heteroatoms. The highest BCUT2D eigenvalue weighted by molar-refractivity contribution is 5.85. The van der Waals surface area contributed by atoms with Gasteiger partial charge in [0.25, 0.3) is 0 Å². The van der Waals surface area contributed by atoms with E-state index in [1.54, 1.807) is 0 Å². The predicted molar refractivity (Wildman–Crippen MR) is 69.8 cm³/mol. The van der Waals surface area contributed by atoms with Crippen molar-refractivity contribution < 1.29 is 4.74 Å². The van der Waals surface area contributed by atoms with Crippen molar-refractivity contribution in [2.75, 3.05) is 5.73 Å². The van der Waals surface area contributed by atoms with Gasteiger partial charge in [0.1, 0.15) is 0 Å². The minimum atomic E-state index is 0. The third-order valence-corrected chi connectivity index (χ3v) is 2.99. The van der Waals surface area contributed by atoms with Crippen LogP contribution in [0.1, 0.15) is 37.7 Å². The normalized spacial score (nSPS) is 16.8. The Morgan fingerprint density at radius 2 is 1.94 bits per heavy atom. The molecule has 2 rings (SSSR count). The van der Waals surface area contributed by atoms with Crippen molar-refractivity contribution in [3.63, 3.8) is 0 Å². The maximum atomic E-state index is 5.87. The summed E-state index contributed by atoms with van der Waals surface area (Å²) in [5.41, 5.74) is 7.71. The molecule has 1 fully saturated rings. The van der Waals surface area contributed by atoms with Crippen LogP contribution in [0.2, 0.25) is 0 Å². The van der Waals surface area contributed by atoms with Crippen molar-refractivity contribution in [3.8, 4) is 0 Å². The Hall–Kier alpha value is -0.730. The molecule has 1 saturated carbocycles. The molecule has 0 atom stereocenters. The minimum absolute atomic E-state index is 0. The van der Waals surface area contributed by atoms with Gasteiger partial charge in [0.15, 0.2) is 0 Å². The standard InChI is InChI=1S/C13H19NO.ClH/c14-12-6-4-5-11(9-12)10-15-13-7-2-1-3-8-13;/h4-6,9,13H,1-3,7-8,10,14H2;1H. The highest BCUT2D eigenvalue weighted by atomic mass is 35.5. The van der Waals surface area contributed by atoms with Gasteiger partial charge in [0.2, 0.25) is 0 Å². The number of ether oxygens (including phenoxy) is 1. The summed E-state index contributed by atoms with van der Waals surface area (Å²) in [6.45, 7) is 0.704. The second kappa shape index (κ2) is 6.77. The quantitative estimate of drug-likeness (QED) is 0.822. The van der Waals surface area contributed by atoms with E-state index in [9.17, 15) is 0 Å². The van der Waals surface area contributed by atoms with E-state index in [0.29, 0.717) is 12.7 Å². The molecule has 2 nitrogen and oxygen atoms in total. The topological polar surface area (TPSA) is 35.2 Å². The Morgan fingerprint density at radius 3 is 2.62 bits per heavy atom. The number of benzene rings is 1. The minimum Gasteiger partial charge on any atom is -0.399 e. The number of halogens is 1. The molecular weight excluding hydrogens is 222 g/mol. The van der Waals surface area contributed by atoms with E-state index in [2.05, 4.69) is 6.07 Å². The van der Waals surface area contributed by atoms with Crippen LogP contribution in [0.25, 0.3) is 0 Å². The molecule has 0 aliphatic heterocycles. The fraction of sp³-hybridized carbons (Fsp3) is 0.538. The van der Waals surface area contributed by atoms with Gasteiger partial charge in [-0.15, -0.1) is 12.4 Å². The fourth-order valence-electron chi connectivity index (χ4n) is 2.13. The molecule has 0 unspecified atom stereocenters. The Balaban J connectivity index is 0.00000128. The van der Waals surface area contributed by atoms with Gasteiger partial charge in [-0.1, -0.05) is 31.4 Å². The zero-order chi connectivity index (χ0) is 10.5. The van der Waals surface area contributed by atoms with Crippen LogP contribution in [0.15, 0.2) is 24.3 Å². The summed E-state index contributed by atoms with van der Waals surface area (Å²) in [4.78, 5) is 0. The molecule has 0 saturated heterocycles. The highest BCUT2D eigenvalue weighted by Crippen LogP contribution is 2.21. The molecule has 1 aromatic rings. The van der Waals surface area contributed by atoms with E-state index in [0.717, 1.165) is 5.69 Å². The molecule has 0 spiro atoms. The summed E-state index contributed by atoms with van der Waals surface area (Å²) < 4.78 is 5.87. The Kier molecular flexibility index (Phi) is 5.64. The first-order valence-corrected chi connectivity index (χ1v) is 5.80. The molecule has 0 amide bonds. The number of rotatable bonds is 3. The average molecular weight is 242 g/mol. The lowest BCUT2D eigenvalue weighted by Crippen LogP contribution is -2.16. The molecule has 1 aliphatic carbocycles. The van der Waals surface area contributed by atoms with E-state index >= 15 is 0 Å². The van der Waals surface area contributed by atoms with Gasteiger partial charge in [-0.2, -0.15) is 0 Å². The van der Waals surface area contributed by atoms with E-state index in [1.165, 1.54) is 37.7 Å². The van der Waals surface area contributed by atoms with Crippen LogP contribution >= 0.6 is 12.4 Å². The Labute approximate surface area is 104 Å². The van der Waals surface area contributed by atoms with Gasteiger partial charge >= 0.3 is 0 Å². The summed E-state index contributed by atoms with van der Waals surface area (Å²) in [5, 5.41) is 0. The van der Waals surface area contributed by atoms with Gasteiger partial charge in [-0.25, -0.2) is 0 Å². The van der Waals surface area contributed by atoms with Crippen molar-refractivity contribution >= 4 is 18.1 Å². The van der Waals surface area contributed by atoms with Gasteiger partial charge in [0, 0.05) is 5.69 Å². The van der Waals surface area contributed by atoms with Crippen LogP contribution in [-0.2, 0) is 11.3 Å². The third-order valence-electron chi connectivity index (χ3n) is 2.99. The van der Waals surface area contributed by atoms with E-state index < -0.39 is 0 Å². The van der Waals surface area contributed by atoms with E-state index in [1.807, 2.05) is 18.2 Å². The highest BCUT2D eigenvalue weighted by Gasteiger charge is 2.13. The predicted octanol–water partition coefficient (Wildman–Crippen LogP) is 3.54. The van der Waals surface area contributed by atoms with Gasteiger partial charge in [0.05, 0.1) is 12.7 Å². The summed E-state index contributed by atoms with van der Waals surface area (Å²) >= 11 is 0. The molecule has 0 bridgehead atoms. The number of anilines is 1. The van der Waals surface area contributed by atoms with Crippen molar-refractivity contribution in [2.24, 2.45) is 0 Å². The van der Waals surface area contributed by atoms with E-state index in [4.69, 9.17) is 10.5 Å². The molecule has 90 valence electrons. The van der Waals surface area contributed by atoms with Crippen molar-refractivity contribution in [1.82, 2.24) is 0 Å². The van der Waals surface area contributed by atoms with E-state index in [-0.39, 0.29) is 12.4 Å². The van der Waals surface area contributed by atoms with Gasteiger partial charge < -0.3 is 10.5 Å². The molecule has 2 N–H and O–H groups in total. The number of hydrogen-bond donors (Lipinski definition) is 1. The average Bonchev–Trinajstić information content (AvgIpc) is 2.28. The first-order valence-electron chi connectivity index (χ1n) is 5.80.